The standard InChI is InChI=1S/C13H13ClO2S/c1-8-13(17-2)11(15)7-12(16-8)9-3-5-10(14)6-4-9/h3-6,12H,7H2,1-2H3. The van der Waals surface area contributed by atoms with Crippen molar-refractivity contribution < 1.29 is 9.53 Å². The van der Waals surface area contributed by atoms with Gasteiger partial charge in [0.15, 0.2) is 5.78 Å². The lowest BCUT2D eigenvalue weighted by molar-refractivity contribution is -0.119. The number of ketones is 1. The van der Waals surface area contributed by atoms with Crippen LogP contribution in [0, 0.1) is 0 Å². The van der Waals surface area contributed by atoms with Gasteiger partial charge in [0.25, 0.3) is 0 Å². The molecule has 0 bridgehead atoms. The minimum atomic E-state index is -0.185. The van der Waals surface area contributed by atoms with Gasteiger partial charge in [-0.05, 0) is 30.9 Å². The molecule has 2 nitrogen and oxygen atoms in total. The predicted molar refractivity (Wildman–Crippen MR) is 71.1 cm³/mol. The van der Waals surface area contributed by atoms with E-state index in [1.54, 1.807) is 0 Å². The van der Waals surface area contributed by atoms with Crippen LogP contribution < -0.4 is 0 Å². The summed E-state index contributed by atoms with van der Waals surface area (Å²) in [4.78, 5) is 12.6. The molecule has 0 saturated carbocycles. The van der Waals surface area contributed by atoms with Gasteiger partial charge in [-0.3, -0.25) is 4.79 Å². The molecule has 0 saturated heterocycles. The Labute approximate surface area is 110 Å². The molecular weight excluding hydrogens is 256 g/mol. The first-order valence-electron chi connectivity index (χ1n) is 5.32. The molecule has 1 atom stereocenters. The number of hydrogen-bond acceptors (Lipinski definition) is 3. The van der Waals surface area contributed by atoms with Gasteiger partial charge in [-0.2, -0.15) is 0 Å². The average Bonchev–Trinajstić information content (AvgIpc) is 2.29. The number of Topliss-reactive ketones (excluding diaryl/α,β-unsaturated/α-hetero) is 1. The number of halogens is 1. The van der Waals surface area contributed by atoms with Crippen LogP contribution in [-0.2, 0) is 9.53 Å². The van der Waals surface area contributed by atoms with Gasteiger partial charge in [0.05, 0.1) is 11.3 Å². The molecule has 0 aromatic heterocycles. The highest BCUT2D eigenvalue weighted by Crippen LogP contribution is 2.35. The summed E-state index contributed by atoms with van der Waals surface area (Å²) in [5.74, 6) is 0.870. The van der Waals surface area contributed by atoms with Gasteiger partial charge in [-0.15, -0.1) is 11.8 Å². The van der Waals surface area contributed by atoms with E-state index in [4.69, 9.17) is 16.3 Å². The fourth-order valence-corrected chi connectivity index (χ4v) is 2.66. The van der Waals surface area contributed by atoms with Crippen molar-refractivity contribution in [3.05, 3.63) is 45.5 Å². The van der Waals surface area contributed by atoms with Crippen molar-refractivity contribution in [1.29, 1.82) is 0 Å². The van der Waals surface area contributed by atoms with E-state index in [0.717, 1.165) is 10.5 Å². The highest BCUT2D eigenvalue weighted by Gasteiger charge is 2.27. The lowest BCUT2D eigenvalue weighted by atomic mass is 10.0. The third kappa shape index (κ3) is 2.67. The minimum Gasteiger partial charge on any atom is -0.489 e. The molecule has 90 valence electrons. The zero-order valence-corrected chi connectivity index (χ0v) is 11.3. The first kappa shape index (κ1) is 12.5. The Morgan fingerprint density at radius 2 is 2.00 bits per heavy atom. The molecule has 1 aromatic rings. The molecule has 1 aromatic carbocycles. The zero-order valence-electron chi connectivity index (χ0n) is 9.70. The largest absolute Gasteiger partial charge is 0.489 e. The fourth-order valence-electron chi connectivity index (χ4n) is 1.89. The lowest BCUT2D eigenvalue weighted by Crippen LogP contribution is -2.18. The number of thioether (sulfide) groups is 1. The van der Waals surface area contributed by atoms with Crippen LogP contribution in [0.1, 0.15) is 25.0 Å². The SMILES string of the molecule is CSC1=C(C)OC(c2ccc(Cl)cc2)CC1=O. The van der Waals surface area contributed by atoms with E-state index in [1.807, 2.05) is 37.4 Å². The molecule has 17 heavy (non-hydrogen) atoms. The Morgan fingerprint density at radius 1 is 1.35 bits per heavy atom. The van der Waals surface area contributed by atoms with E-state index in [9.17, 15) is 4.79 Å². The monoisotopic (exact) mass is 268 g/mol. The van der Waals surface area contributed by atoms with Gasteiger partial charge in [-0.25, -0.2) is 0 Å². The second-order valence-electron chi connectivity index (χ2n) is 3.87. The van der Waals surface area contributed by atoms with Gasteiger partial charge in [0, 0.05) is 5.02 Å². The summed E-state index contributed by atoms with van der Waals surface area (Å²) in [6.45, 7) is 1.84. The van der Waals surface area contributed by atoms with Gasteiger partial charge in [0.1, 0.15) is 11.9 Å². The summed E-state index contributed by atoms with van der Waals surface area (Å²) in [7, 11) is 0. The van der Waals surface area contributed by atoms with Crippen molar-refractivity contribution in [2.24, 2.45) is 0 Å². The normalized spacial score (nSPS) is 20.4. The van der Waals surface area contributed by atoms with Crippen molar-refractivity contribution in [3.63, 3.8) is 0 Å². The van der Waals surface area contributed by atoms with Crippen LogP contribution in [0.2, 0.25) is 5.02 Å². The second-order valence-corrected chi connectivity index (χ2v) is 5.13. The molecule has 1 heterocycles. The van der Waals surface area contributed by atoms with Crippen LogP contribution in [0.15, 0.2) is 34.9 Å². The molecule has 0 aliphatic carbocycles. The molecule has 1 unspecified atom stereocenters. The number of carbonyl (C=O) groups excluding carboxylic acids is 1. The molecule has 0 spiro atoms. The smallest absolute Gasteiger partial charge is 0.176 e. The number of benzene rings is 1. The van der Waals surface area contributed by atoms with E-state index >= 15 is 0 Å². The van der Waals surface area contributed by atoms with Gasteiger partial charge in [0.2, 0.25) is 0 Å². The van der Waals surface area contributed by atoms with Crippen LogP contribution >= 0.6 is 23.4 Å². The van der Waals surface area contributed by atoms with Crippen molar-refractivity contribution in [2.45, 2.75) is 19.4 Å². The Kier molecular flexibility index (Phi) is 3.79. The Bertz CT molecular complexity index is 465. The van der Waals surface area contributed by atoms with Crippen molar-refractivity contribution in [2.75, 3.05) is 6.26 Å². The van der Waals surface area contributed by atoms with Crippen molar-refractivity contribution in [1.82, 2.24) is 0 Å². The maximum absolute atomic E-state index is 11.9. The third-order valence-electron chi connectivity index (χ3n) is 2.71. The van der Waals surface area contributed by atoms with E-state index in [0.29, 0.717) is 17.2 Å². The van der Waals surface area contributed by atoms with Crippen molar-refractivity contribution >= 4 is 29.1 Å². The summed E-state index contributed by atoms with van der Waals surface area (Å²) in [5.41, 5.74) is 0.988. The Hall–Kier alpha value is -0.930. The Balaban J connectivity index is 2.24. The predicted octanol–water partition coefficient (Wildman–Crippen LogP) is 3.97. The zero-order chi connectivity index (χ0) is 12.4. The lowest BCUT2D eigenvalue weighted by Gasteiger charge is -2.25. The number of ether oxygens (including phenoxy) is 1. The van der Waals surface area contributed by atoms with Crippen LogP contribution in [-0.4, -0.2) is 12.0 Å². The first-order chi connectivity index (χ1) is 8.11. The van der Waals surface area contributed by atoms with Crippen LogP contribution in [0.4, 0.5) is 0 Å². The second kappa shape index (κ2) is 5.15. The number of carbonyl (C=O) groups is 1. The van der Waals surface area contributed by atoms with E-state index in [-0.39, 0.29) is 11.9 Å². The summed E-state index contributed by atoms with van der Waals surface area (Å²) in [6, 6.07) is 7.43. The summed E-state index contributed by atoms with van der Waals surface area (Å²) in [6.07, 6.45) is 2.10. The number of allylic oxidation sites excluding steroid dienone is 2. The maximum Gasteiger partial charge on any atom is 0.176 e. The van der Waals surface area contributed by atoms with Gasteiger partial charge in [-0.1, -0.05) is 23.7 Å². The summed E-state index contributed by atoms with van der Waals surface area (Å²) < 4.78 is 5.78. The molecular formula is C13H13ClO2S. The molecule has 4 heteroatoms. The van der Waals surface area contributed by atoms with E-state index in [1.165, 1.54) is 11.8 Å². The molecule has 1 aliphatic rings. The first-order valence-corrected chi connectivity index (χ1v) is 6.92. The summed E-state index contributed by atoms with van der Waals surface area (Å²) >= 11 is 7.28. The quantitative estimate of drug-likeness (QED) is 0.812. The molecule has 0 N–H and O–H groups in total. The number of hydrogen-bond donors (Lipinski definition) is 0. The fraction of sp³-hybridized carbons (Fsp3) is 0.308. The third-order valence-corrected chi connectivity index (χ3v) is 3.88. The molecule has 0 amide bonds. The minimum absolute atomic E-state index is 0.154. The number of rotatable bonds is 2. The van der Waals surface area contributed by atoms with Crippen LogP contribution in [0.3, 0.4) is 0 Å². The highest BCUT2D eigenvalue weighted by molar-refractivity contribution is 8.03. The molecule has 2 rings (SSSR count). The highest BCUT2D eigenvalue weighted by atomic mass is 35.5. The van der Waals surface area contributed by atoms with Crippen molar-refractivity contribution in [3.8, 4) is 0 Å². The molecule has 0 radical (unpaired) electrons. The van der Waals surface area contributed by atoms with E-state index < -0.39 is 0 Å². The van der Waals surface area contributed by atoms with Crippen LogP contribution in [0.25, 0.3) is 0 Å². The Morgan fingerprint density at radius 3 is 2.53 bits per heavy atom. The van der Waals surface area contributed by atoms with Gasteiger partial charge < -0.3 is 4.74 Å². The van der Waals surface area contributed by atoms with Gasteiger partial charge >= 0.3 is 0 Å². The average molecular weight is 269 g/mol. The topological polar surface area (TPSA) is 26.3 Å². The van der Waals surface area contributed by atoms with Crippen LogP contribution in [0.5, 0.6) is 0 Å². The molecule has 1 aliphatic heterocycles. The maximum atomic E-state index is 11.9. The molecule has 0 fully saturated rings. The van der Waals surface area contributed by atoms with E-state index in [2.05, 4.69) is 0 Å². The summed E-state index contributed by atoms with van der Waals surface area (Å²) in [5, 5.41) is 0.688.